The minimum atomic E-state index is -0.279. The molecule has 2 rings (SSSR count). The molecule has 0 bridgehead atoms. The first kappa shape index (κ1) is 16.6. The topological polar surface area (TPSA) is 55.8 Å². The van der Waals surface area contributed by atoms with Crippen LogP contribution in [0.4, 0.5) is 10.5 Å². The maximum atomic E-state index is 12.2. The van der Waals surface area contributed by atoms with Crippen LogP contribution in [0.3, 0.4) is 0 Å². The molecule has 1 aromatic rings. The lowest BCUT2D eigenvalue weighted by atomic mass is 9.92. The monoisotopic (exact) mass is 305 g/mol. The number of piperidine rings is 1. The van der Waals surface area contributed by atoms with E-state index in [0.717, 1.165) is 37.2 Å². The van der Waals surface area contributed by atoms with Crippen molar-refractivity contribution in [1.82, 2.24) is 10.2 Å². The first-order chi connectivity index (χ1) is 10.5. The van der Waals surface area contributed by atoms with Crippen LogP contribution < -0.4 is 10.2 Å². The molecule has 22 heavy (non-hydrogen) atoms. The van der Waals surface area contributed by atoms with Crippen molar-refractivity contribution in [2.75, 3.05) is 32.1 Å². The summed E-state index contributed by atoms with van der Waals surface area (Å²) in [4.78, 5) is 16.1. The standard InChI is InChI=1S/C17H27N3O2/c1-13(21)15-7-9-20(10-8-15)17(22)18-12-14-5-4-6-16(11-14)19(2)3/h4-6,11,13,15,21H,7-10,12H2,1-3H3,(H,18,22). The Morgan fingerprint density at radius 2 is 2.09 bits per heavy atom. The average Bonchev–Trinajstić information content (AvgIpc) is 2.53. The fourth-order valence-corrected chi connectivity index (χ4v) is 2.82. The van der Waals surface area contributed by atoms with Gasteiger partial charge >= 0.3 is 6.03 Å². The van der Waals surface area contributed by atoms with Crippen molar-refractivity contribution in [3.63, 3.8) is 0 Å². The van der Waals surface area contributed by atoms with Gasteiger partial charge in [-0.2, -0.15) is 0 Å². The Morgan fingerprint density at radius 3 is 2.68 bits per heavy atom. The minimum Gasteiger partial charge on any atom is -0.393 e. The number of amides is 2. The molecule has 0 radical (unpaired) electrons. The van der Waals surface area contributed by atoms with Crippen molar-refractivity contribution >= 4 is 11.7 Å². The maximum Gasteiger partial charge on any atom is 0.317 e. The van der Waals surface area contributed by atoms with E-state index in [9.17, 15) is 9.90 Å². The minimum absolute atomic E-state index is 0.0145. The number of hydrogen-bond acceptors (Lipinski definition) is 3. The first-order valence-corrected chi connectivity index (χ1v) is 7.94. The van der Waals surface area contributed by atoms with Crippen LogP contribution in [-0.4, -0.2) is 49.3 Å². The number of nitrogens with zero attached hydrogens (tertiary/aromatic N) is 2. The molecule has 1 aliphatic heterocycles. The Labute approximate surface area is 132 Å². The van der Waals surface area contributed by atoms with Crippen LogP contribution in [0.5, 0.6) is 0 Å². The number of nitrogens with one attached hydrogen (secondary N) is 1. The SMILES string of the molecule is CC(O)C1CCN(C(=O)NCc2cccc(N(C)C)c2)CC1. The van der Waals surface area contributed by atoms with E-state index in [4.69, 9.17) is 0 Å². The summed E-state index contributed by atoms with van der Waals surface area (Å²) in [6, 6.07) is 8.14. The highest BCUT2D eigenvalue weighted by molar-refractivity contribution is 5.74. The molecule has 5 nitrogen and oxygen atoms in total. The summed E-state index contributed by atoms with van der Waals surface area (Å²) in [6.07, 6.45) is 1.47. The summed E-state index contributed by atoms with van der Waals surface area (Å²) >= 11 is 0. The lowest BCUT2D eigenvalue weighted by Crippen LogP contribution is -2.45. The van der Waals surface area contributed by atoms with E-state index in [1.165, 1.54) is 0 Å². The van der Waals surface area contributed by atoms with Gasteiger partial charge in [0.25, 0.3) is 0 Å². The third-order valence-corrected chi connectivity index (χ3v) is 4.38. The van der Waals surface area contributed by atoms with Crippen molar-refractivity contribution < 1.29 is 9.90 Å². The summed E-state index contributed by atoms with van der Waals surface area (Å²) in [5.74, 6) is 0.320. The average molecular weight is 305 g/mol. The molecule has 0 saturated carbocycles. The maximum absolute atomic E-state index is 12.2. The van der Waals surface area contributed by atoms with Crippen molar-refractivity contribution in [1.29, 1.82) is 0 Å². The Balaban J connectivity index is 1.82. The normalized spacial score (nSPS) is 17.2. The van der Waals surface area contributed by atoms with E-state index in [1.54, 1.807) is 0 Å². The van der Waals surface area contributed by atoms with Crippen LogP contribution >= 0.6 is 0 Å². The van der Waals surface area contributed by atoms with Crippen molar-refractivity contribution in [3.05, 3.63) is 29.8 Å². The van der Waals surface area contributed by atoms with Gasteiger partial charge in [0.2, 0.25) is 0 Å². The second-order valence-corrected chi connectivity index (χ2v) is 6.29. The molecule has 1 unspecified atom stereocenters. The number of likely N-dealkylation sites (tertiary alicyclic amines) is 1. The number of carbonyl (C=O) groups excluding carboxylic acids is 1. The van der Waals surface area contributed by atoms with E-state index >= 15 is 0 Å². The molecule has 1 atom stereocenters. The molecule has 1 fully saturated rings. The van der Waals surface area contributed by atoms with E-state index in [2.05, 4.69) is 11.4 Å². The highest BCUT2D eigenvalue weighted by Gasteiger charge is 2.25. The second kappa shape index (κ2) is 7.49. The van der Waals surface area contributed by atoms with Gasteiger partial charge in [-0.3, -0.25) is 0 Å². The smallest absolute Gasteiger partial charge is 0.317 e. The molecule has 2 N–H and O–H groups in total. The van der Waals surface area contributed by atoms with E-state index < -0.39 is 0 Å². The van der Waals surface area contributed by atoms with Crippen LogP contribution in [0.15, 0.2) is 24.3 Å². The third kappa shape index (κ3) is 4.37. The largest absolute Gasteiger partial charge is 0.393 e. The van der Waals surface area contributed by atoms with Crippen molar-refractivity contribution in [2.24, 2.45) is 5.92 Å². The third-order valence-electron chi connectivity index (χ3n) is 4.38. The van der Waals surface area contributed by atoms with Crippen molar-refractivity contribution in [2.45, 2.75) is 32.4 Å². The number of aliphatic hydroxyl groups excluding tert-OH is 1. The van der Waals surface area contributed by atoms with Gasteiger partial charge in [-0.25, -0.2) is 4.79 Å². The van der Waals surface area contributed by atoms with Gasteiger partial charge in [0.05, 0.1) is 6.10 Å². The van der Waals surface area contributed by atoms with Crippen LogP contribution in [-0.2, 0) is 6.54 Å². The predicted octanol–water partition coefficient (Wildman–Crippen LogP) is 2.06. The highest BCUT2D eigenvalue weighted by atomic mass is 16.3. The quantitative estimate of drug-likeness (QED) is 0.895. The lowest BCUT2D eigenvalue weighted by molar-refractivity contribution is 0.0798. The van der Waals surface area contributed by atoms with Gasteiger partial charge in [-0.05, 0) is 43.4 Å². The van der Waals surface area contributed by atoms with Crippen molar-refractivity contribution in [3.8, 4) is 0 Å². The number of anilines is 1. The Kier molecular flexibility index (Phi) is 5.66. The molecule has 122 valence electrons. The molecular weight excluding hydrogens is 278 g/mol. The zero-order valence-corrected chi connectivity index (χ0v) is 13.7. The van der Waals surface area contributed by atoms with Gasteiger partial charge in [0.1, 0.15) is 0 Å². The first-order valence-electron chi connectivity index (χ1n) is 7.94. The van der Waals surface area contributed by atoms with Crippen LogP contribution in [0.1, 0.15) is 25.3 Å². The highest BCUT2D eigenvalue weighted by Crippen LogP contribution is 2.20. The van der Waals surface area contributed by atoms with Gasteiger partial charge in [0.15, 0.2) is 0 Å². The van der Waals surface area contributed by atoms with Crippen LogP contribution in [0.25, 0.3) is 0 Å². The van der Waals surface area contributed by atoms with E-state index in [1.807, 2.05) is 49.0 Å². The zero-order chi connectivity index (χ0) is 16.1. The van der Waals surface area contributed by atoms with Gasteiger partial charge in [-0.1, -0.05) is 12.1 Å². The summed E-state index contributed by atoms with van der Waals surface area (Å²) in [6.45, 7) is 3.81. The van der Waals surface area contributed by atoms with Crippen LogP contribution in [0.2, 0.25) is 0 Å². The van der Waals surface area contributed by atoms with Gasteiger partial charge < -0.3 is 20.2 Å². The number of hydrogen-bond donors (Lipinski definition) is 2. The molecule has 0 aromatic heterocycles. The molecule has 1 aromatic carbocycles. The Hall–Kier alpha value is -1.75. The molecule has 0 aliphatic carbocycles. The lowest BCUT2D eigenvalue weighted by Gasteiger charge is -2.33. The molecule has 1 saturated heterocycles. The summed E-state index contributed by atoms with van der Waals surface area (Å²) < 4.78 is 0. The summed E-state index contributed by atoms with van der Waals surface area (Å²) in [7, 11) is 4.01. The van der Waals surface area contributed by atoms with E-state index in [-0.39, 0.29) is 12.1 Å². The Bertz CT molecular complexity index is 494. The van der Waals surface area contributed by atoms with Gasteiger partial charge in [-0.15, -0.1) is 0 Å². The van der Waals surface area contributed by atoms with Crippen LogP contribution in [0, 0.1) is 5.92 Å². The molecule has 1 aliphatic rings. The van der Waals surface area contributed by atoms with E-state index in [0.29, 0.717) is 12.5 Å². The number of rotatable bonds is 4. The molecule has 0 spiro atoms. The molecule has 1 heterocycles. The molecule has 2 amide bonds. The predicted molar refractivity (Wildman–Crippen MR) is 89.0 cm³/mol. The second-order valence-electron chi connectivity index (χ2n) is 6.29. The van der Waals surface area contributed by atoms with Gasteiger partial charge in [0, 0.05) is 39.4 Å². The molecule has 5 heteroatoms. The molecular formula is C17H27N3O2. The Morgan fingerprint density at radius 1 is 1.41 bits per heavy atom. The summed E-state index contributed by atoms with van der Waals surface area (Å²) in [5.41, 5.74) is 2.22. The number of aliphatic hydroxyl groups is 1. The fraction of sp³-hybridized carbons (Fsp3) is 0.588. The zero-order valence-electron chi connectivity index (χ0n) is 13.7. The number of benzene rings is 1. The fourth-order valence-electron chi connectivity index (χ4n) is 2.82. The number of urea groups is 1. The summed E-state index contributed by atoms with van der Waals surface area (Å²) in [5, 5.41) is 12.6. The number of carbonyl (C=O) groups is 1.